The maximum atomic E-state index is 12.8. The number of fused-ring (bicyclic) bond motifs is 1. The van der Waals surface area contributed by atoms with Crippen molar-refractivity contribution in [3.63, 3.8) is 0 Å². The summed E-state index contributed by atoms with van der Waals surface area (Å²) >= 11 is 0. The molecule has 0 fully saturated rings. The first-order valence-electron chi connectivity index (χ1n) is 8.34. The van der Waals surface area contributed by atoms with Crippen LogP contribution in [-0.2, 0) is 21.2 Å². The van der Waals surface area contributed by atoms with Crippen LogP contribution in [0.3, 0.4) is 0 Å². The highest BCUT2D eigenvalue weighted by molar-refractivity contribution is 7.89. The van der Waals surface area contributed by atoms with E-state index in [-0.39, 0.29) is 36.1 Å². The zero-order valence-electron chi connectivity index (χ0n) is 14.4. The maximum absolute atomic E-state index is 12.8. The van der Waals surface area contributed by atoms with Crippen molar-refractivity contribution < 1.29 is 27.1 Å². The lowest BCUT2D eigenvalue weighted by Gasteiger charge is -2.19. The molecule has 0 aromatic heterocycles. The zero-order chi connectivity index (χ0) is 19.3. The van der Waals surface area contributed by atoms with Gasteiger partial charge in [-0.1, -0.05) is 12.1 Å². The quantitative estimate of drug-likeness (QED) is 0.689. The molecular formula is C18H19FN2O5S. The molecule has 0 spiro atoms. The number of hydrogen-bond acceptors (Lipinski definition) is 5. The molecule has 3 rings (SSSR count). The van der Waals surface area contributed by atoms with Crippen LogP contribution in [0.4, 0.5) is 4.39 Å². The Morgan fingerprint density at radius 1 is 1.00 bits per heavy atom. The van der Waals surface area contributed by atoms with Crippen LogP contribution in [0.25, 0.3) is 0 Å². The van der Waals surface area contributed by atoms with Crippen LogP contribution in [-0.4, -0.2) is 40.6 Å². The standard InChI is InChI=1S/C18H19FN2O5S/c19-14-3-1-13(2-4-14)11-18(22)20-7-8-21-27(23,24)15-5-6-16-17(12-15)26-10-9-25-16/h1-6,12,21H,7-11H2,(H,20,22). The summed E-state index contributed by atoms with van der Waals surface area (Å²) in [5.74, 6) is 0.248. The van der Waals surface area contributed by atoms with Gasteiger partial charge in [0, 0.05) is 19.2 Å². The third-order valence-electron chi connectivity index (χ3n) is 3.84. The second-order valence-electron chi connectivity index (χ2n) is 5.86. The summed E-state index contributed by atoms with van der Waals surface area (Å²) in [5, 5.41) is 2.62. The number of sulfonamides is 1. The van der Waals surface area contributed by atoms with Crippen LogP contribution in [0.5, 0.6) is 11.5 Å². The molecule has 9 heteroatoms. The normalized spacial score (nSPS) is 13.2. The lowest BCUT2D eigenvalue weighted by Crippen LogP contribution is -2.35. The van der Waals surface area contributed by atoms with Gasteiger partial charge in [-0.05, 0) is 29.8 Å². The molecule has 2 N–H and O–H groups in total. The van der Waals surface area contributed by atoms with Gasteiger partial charge in [-0.15, -0.1) is 0 Å². The second kappa shape index (κ2) is 8.36. The minimum atomic E-state index is -3.73. The van der Waals surface area contributed by atoms with Gasteiger partial charge in [0.05, 0.1) is 11.3 Å². The first-order valence-corrected chi connectivity index (χ1v) is 9.83. The van der Waals surface area contributed by atoms with Gasteiger partial charge in [0.15, 0.2) is 11.5 Å². The van der Waals surface area contributed by atoms with Gasteiger partial charge < -0.3 is 14.8 Å². The van der Waals surface area contributed by atoms with Crippen molar-refractivity contribution in [1.29, 1.82) is 0 Å². The Morgan fingerprint density at radius 2 is 1.70 bits per heavy atom. The average molecular weight is 394 g/mol. The first kappa shape index (κ1) is 19.1. The predicted octanol–water partition coefficient (Wildman–Crippen LogP) is 1.23. The van der Waals surface area contributed by atoms with Crippen molar-refractivity contribution in [3.8, 4) is 11.5 Å². The lowest BCUT2D eigenvalue weighted by atomic mass is 10.1. The van der Waals surface area contributed by atoms with E-state index in [4.69, 9.17) is 9.47 Å². The number of ether oxygens (including phenoxy) is 2. The van der Waals surface area contributed by atoms with Crippen LogP contribution in [0.2, 0.25) is 0 Å². The van der Waals surface area contributed by atoms with Gasteiger partial charge in [0.25, 0.3) is 0 Å². The predicted molar refractivity (Wildman–Crippen MR) is 95.7 cm³/mol. The van der Waals surface area contributed by atoms with Gasteiger partial charge in [0.2, 0.25) is 15.9 Å². The van der Waals surface area contributed by atoms with Crippen LogP contribution in [0, 0.1) is 5.82 Å². The Labute approximate surface area is 156 Å². The first-order chi connectivity index (χ1) is 12.9. The minimum Gasteiger partial charge on any atom is -0.486 e. The minimum absolute atomic E-state index is 0.0337. The molecule has 0 radical (unpaired) electrons. The van der Waals surface area contributed by atoms with E-state index in [1.54, 1.807) is 6.07 Å². The van der Waals surface area contributed by atoms with Crippen molar-refractivity contribution in [2.45, 2.75) is 11.3 Å². The third-order valence-corrected chi connectivity index (χ3v) is 5.30. The number of hydrogen-bond donors (Lipinski definition) is 2. The van der Waals surface area contributed by atoms with E-state index in [0.717, 1.165) is 0 Å². The molecule has 0 saturated carbocycles. The fourth-order valence-corrected chi connectivity index (χ4v) is 3.56. The topological polar surface area (TPSA) is 93.7 Å². The van der Waals surface area contributed by atoms with E-state index < -0.39 is 10.0 Å². The molecule has 2 aromatic carbocycles. The molecule has 144 valence electrons. The van der Waals surface area contributed by atoms with Gasteiger partial charge in [-0.2, -0.15) is 0 Å². The molecular weight excluding hydrogens is 375 g/mol. The van der Waals surface area contributed by atoms with E-state index in [9.17, 15) is 17.6 Å². The van der Waals surface area contributed by atoms with Crippen LogP contribution in [0.1, 0.15) is 5.56 Å². The van der Waals surface area contributed by atoms with Gasteiger partial charge >= 0.3 is 0 Å². The molecule has 0 aliphatic carbocycles. The molecule has 0 saturated heterocycles. The molecule has 0 bridgehead atoms. The SMILES string of the molecule is O=C(Cc1ccc(F)cc1)NCCNS(=O)(=O)c1ccc2c(c1)OCCO2. The molecule has 7 nitrogen and oxygen atoms in total. The summed E-state index contributed by atoms with van der Waals surface area (Å²) < 4.78 is 50.7. The molecule has 0 unspecified atom stereocenters. The van der Waals surface area contributed by atoms with Crippen LogP contribution < -0.4 is 19.5 Å². The molecule has 1 aliphatic rings. The summed E-state index contributed by atoms with van der Waals surface area (Å²) in [6.07, 6.45) is 0.0925. The molecule has 2 aromatic rings. The van der Waals surface area contributed by atoms with Crippen molar-refractivity contribution in [2.75, 3.05) is 26.3 Å². The van der Waals surface area contributed by atoms with Crippen LogP contribution >= 0.6 is 0 Å². The van der Waals surface area contributed by atoms with E-state index >= 15 is 0 Å². The van der Waals surface area contributed by atoms with Crippen molar-refractivity contribution in [2.24, 2.45) is 0 Å². The largest absolute Gasteiger partial charge is 0.486 e. The Morgan fingerprint density at radius 3 is 2.44 bits per heavy atom. The van der Waals surface area contributed by atoms with E-state index in [1.165, 1.54) is 36.4 Å². The third kappa shape index (κ3) is 5.18. The monoisotopic (exact) mass is 394 g/mol. The summed E-state index contributed by atoms with van der Waals surface area (Å²) in [7, 11) is -3.73. The molecule has 1 amide bonds. The van der Waals surface area contributed by atoms with E-state index in [1.807, 2.05) is 0 Å². The number of rotatable bonds is 7. The number of halogens is 1. The number of nitrogens with one attached hydrogen (secondary N) is 2. The van der Waals surface area contributed by atoms with Crippen LogP contribution in [0.15, 0.2) is 47.4 Å². The maximum Gasteiger partial charge on any atom is 0.240 e. The van der Waals surface area contributed by atoms with Crippen molar-refractivity contribution in [1.82, 2.24) is 10.0 Å². The second-order valence-corrected chi connectivity index (χ2v) is 7.62. The highest BCUT2D eigenvalue weighted by atomic mass is 32.2. The van der Waals surface area contributed by atoms with E-state index in [0.29, 0.717) is 30.3 Å². The summed E-state index contributed by atoms with van der Waals surface area (Å²) in [5.41, 5.74) is 0.672. The molecule has 1 heterocycles. The van der Waals surface area contributed by atoms with E-state index in [2.05, 4.69) is 10.0 Å². The number of benzene rings is 2. The summed E-state index contributed by atoms with van der Waals surface area (Å²) in [6.45, 7) is 0.953. The average Bonchev–Trinajstić information content (AvgIpc) is 2.67. The summed E-state index contributed by atoms with van der Waals surface area (Å²) in [6, 6.07) is 10.0. The Kier molecular flexibility index (Phi) is 5.92. The van der Waals surface area contributed by atoms with Crippen molar-refractivity contribution >= 4 is 15.9 Å². The van der Waals surface area contributed by atoms with Gasteiger partial charge in [-0.25, -0.2) is 17.5 Å². The smallest absolute Gasteiger partial charge is 0.240 e. The fourth-order valence-electron chi connectivity index (χ4n) is 2.51. The highest BCUT2D eigenvalue weighted by Crippen LogP contribution is 2.32. The molecule has 1 aliphatic heterocycles. The molecule has 27 heavy (non-hydrogen) atoms. The lowest BCUT2D eigenvalue weighted by molar-refractivity contribution is -0.120. The number of carbonyl (C=O) groups is 1. The zero-order valence-corrected chi connectivity index (χ0v) is 15.2. The number of carbonyl (C=O) groups excluding carboxylic acids is 1. The highest BCUT2D eigenvalue weighted by Gasteiger charge is 2.19. The van der Waals surface area contributed by atoms with Gasteiger partial charge in [-0.3, -0.25) is 4.79 Å². The Bertz CT molecular complexity index is 916. The fraction of sp³-hybridized carbons (Fsp3) is 0.278. The van der Waals surface area contributed by atoms with Gasteiger partial charge in [0.1, 0.15) is 19.0 Å². The Balaban J connectivity index is 1.47. The molecule has 0 atom stereocenters. The summed E-state index contributed by atoms with van der Waals surface area (Å²) in [4.78, 5) is 11.9. The number of amides is 1. The van der Waals surface area contributed by atoms with Crippen molar-refractivity contribution in [3.05, 3.63) is 53.8 Å². The Hall–Kier alpha value is -2.65.